The highest BCUT2D eigenvalue weighted by Gasteiger charge is 2.30. The Morgan fingerprint density at radius 1 is 0.967 bits per heavy atom. The summed E-state index contributed by atoms with van der Waals surface area (Å²) in [4.78, 5) is 28.3. The number of carbonyl (C=O) groups is 2. The van der Waals surface area contributed by atoms with Gasteiger partial charge in [0.1, 0.15) is 6.04 Å². The lowest BCUT2D eigenvalue weighted by atomic mass is 9.95. The molecular weight excluding hydrogens is 372 g/mol. The zero-order chi connectivity index (χ0) is 21.3. The van der Waals surface area contributed by atoms with Gasteiger partial charge >= 0.3 is 0 Å². The third-order valence-electron chi connectivity index (χ3n) is 6.01. The first-order valence-electron chi connectivity index (χ1n) is 11.3. The summed E-state index contributed by atoms with van der Waals surface area (Å²) in [5, 5.41) is 3.23. The van der Waals surface area contributed by atoms with Gasteiger partial charge in [0.05, 0.1) is 6.42 Å². The molecule has 1 fully saturated rings. The van der Waals surface area contributed by atoms with Crippen molar-refractivity contribution in [3.63, 3.8) is 0 Å². The van der Waals surface area contributed by atoms with Crippen LogP contribution in [0, 0.1) is 6.92 Å². The molecule has 2 amide bonds. The van der Waals surface area contributed by atoms with Crippen molar-refractivity contribution in [3.8, 4) is 0 Å². The highest BCUT2D eigenvalue weighted by Crippen LogP contribution is 2.19. The zero-order valence-corrected chi connectivity index (χ0v) is 18.3. The fourth-order valence-electron chi connectivity index (χ4n) is 4.23. The molecule has 160 valence electrons. The number of benzene rings is 2. The van der Waals surface area contributed by atoms with E-state index in [4.69, 9.17) is 0 Å². The van der Waals surface area contributed by atoms with Crippen LogP contribution in [0.25, 0.3) is 0 Å². The van der Waals surface area contributed by atoms with Crippen LogP contribution in [0.5, 0.6) is 0 Å². The van der Waals surface area contributed by atoms with Crippen molar-refractivity contribution in [3.05, 3.63) is 71.3 Å². The predicted octanol–water partition coefficient (Wildman–Crippen LogP) is 4.79. The monoisotopic (exact) mass is 406 g/mol. The Morgan fingerprint density at radius 2 is 1.63 bits per heavy atom. The summed E-state index contributed by atoms with van der Waals surface area (Å²) >= 11 is 0. The highest BCUT2D eigenvalue weighted by atomic mass is 16.2. The van der Waals surface area contributed by atoms with Gasteiger partial charge in [-0.2, -0.15) is 0 Å². The molecule has 2 aromatic rings. The van der Waals surface area contributed by atoms with E-state index in [0.717, 1.165) is 24.0 Å². The van der Waals surface area contributed by atoms with Crippen LogP contribution >= 0.6 is 0 Å². The lowest BCUT2D eigenvalue weighted by Gasteiger charge is -2.33. The third-order valence-corrected chi connectivity index (χ3v) is 6.01. The Hall–Kier alpha value is -2.62. The average Bonchev–Trinajstić information content (AvgIpc) is 2.76. The van der Waals surface area contributed by atoms with Crippen molar-refractivity contribution in [2.75, 3.05) is 0 Å². The molecule has 1 saturated carbocycles. The smallest absolute Gasteiger partial charge is 0.243 e. The molecule has 0 aliphatic heterocycles. The largest absolute Gasteiger partial charge is 0.352 e. The minimum absolute atomic E-state index is 0.00616. The van der Waals surface area contributed by atoms with Gasteiger partial charge in [-0.3, -0.25) is 9.59 Å². The molecule has 1 atom stereocenters. The lowest BCUT2D eigenvalue weighted by Crippen LogP contribution is -2.51. The van der Waals surface area contributed by atoms with Crippen molar-refractivity contribution >= 4 is 11.8 Å². The van der Waals surface area contributed by atoms with Gasteiger partial charge in [-0.05, 0) is 37.3 Å². The summed E-state index contributed by atoms with van der Waals surface area (Å²) < 4.78 is 0. The van der Waals surface area contributed by atoms with Crippen LogP contribution < -0.4 is 5.32 Å². The Kier molecular flexibility index (Phi) is 8.06. The van der Waals surface area contributed by atoms with E-state index in [1.807, 2.05) is 68.4 Å². The SMILES string of the molecule is CC[C@H](C(=O)NC1CCCCC1)N(Cc1ccccc1)C(=O)Cc1ccc(C)cc1. The first-order chi connectivity index (χ1) is 14.6. The fraction of sp³-hybridized carbons (Fsp3) is 0.462. The maximum absolute atomic E-state index is 13.3. The number of hydrogen-bond acceptors (Lipinski definition) is 2. The second kappa shape index (κ2) is 11.0. The topological polar surface area (TPSA) is 49.4 Å². The van der Waals surface area contributed by atoms with Crippen LogP contribution in [0.1, 0.15) is 62.1 Å². The molecule has 0 saturated heterocycles. The first-order valence-corrected chi connectivity index (χ1v) is 11.3. The number of hydrogen-bond donors (Lipinski definition) is 1. The highest BCUT2D eigenvalue weighted by molar-refractivity contribution is 5.88. The number of carbonyl (C=O) groups excluding carboxylic acids is 2. The molecule has 4 heteroatoms. The van der Waals surface area contributed by atoms with Gasteiger partial charge in [-0.1, -0.05) is 86.3 Å². The van der Waals surface area contributed by atoms with Crippen LogP contribution in [-0.4, -0.2) is 28.8 Å². The minimum Gasteiger partial charge on any atom is -0.352 e. The van der Waals surface area contributed by atoms with E-state index >= 15 is 0 Å². The number of rotatable bonds is 8. The van der Waals surface area contributed by atoms with Crippen molar-refractivity contribution < 1.29 is 9.59 Å². The van der Waals surface area contributed by atoms with Gasteiger partial charge in [0.15, 0.2) is 0 Å². The molecule has 0 aromatic heterocycles. The molecule has 30 heavy (non-hydrogen) atoms. The van der Waals surface area contributed by atoms with Gasteiger partial charge in [-0.15, -0.1) is 0 Å². The van der Waals surface area contributed by atoms with E-state index in [9.17, 15) is 9.59 Å². The van der Waals surface area contributed by atoms with Crippen molar-refractivity contribution in [1.82, 2.24) is 10.2 Å². The molecule has 0 bridgehead atoms. The summed E-state index contributed by atoms with van der Waals surface area (Å²) in [6.07, 6.45) is 6.57. The molecule has 0 radical (unpaired) electrons. The van der Waals surface area contributed by atoms with Crippen LogP contribution in [0.3, 0.4) is 0 Å². The second-order valence-electron chi connectivity index (χ2n) is 8.44. The predicted molar refractivity (Wildman–Crippen MR) is 121 cm³/mol. The summed E-state index contributed by atoms with van der Waals surface area (Å²) in [6, 6.07) is 17.8. The summed E-state index contributed by atoms with van der Waals surface area (Å²) in [5.41, 5.74) is 3.19. The quantitative estimate of drug-likeness (QED) is 0.685. The average molecular weight is 407 g/mol. The van der Waals surface area contributed by atoms with Gasteiger partial charge < -0.3 is 10.2 Å². The van der Waals surface area contributed by atoms with Crippen LogP contribution in [0.2, 0.25) is 0 Å². The van der Waals surface area contributed by atoms with Crippen molar-refractivity contribution in [2.24, 2.45) is 0 Å². The number of amides is 2. The normalized spacial score (nSPS) is 15.4. The standard InChI is InChI=1S/C26H34N2O2/c1-3-24(26(30)27-23-12-8-5-9-13-23)28(19-22-10-6-4-7-11-22)25(29)18-21-16-14-20(2)15-17-21/h4,6-7,10-11,14-17,23-24H,3,5,8-9,12-13,18-19H2,1-2H3,(H,27,30)/t24-/m1/s1. The van der Waals surface area contributed by atoms with Crippen LogP contribution in [-0.2, 0) is 22.6 Å². The zero-order valence-electron chi connectivity index (χ0n) is 18.3. The number of aryl methyl sites for hydroxylation is 1. The van der Waals surface area contributed by atoms with Gasteiger partial charge in [0, 0.05) is 12.6 Å². The van der Waals surface area contributed by atoms with Crippen LogP contribution in [0.4, 0.5) is 0 Å². The minimum atomic E-state index is -0.454. The van der Waals surface area contributed by atoms with E-state index in [-0.39, 0.29) is 17.9 Å². The van der Waals surface area contributed by atoms with E-state index in [0.29, 0.717) is 19.4 Å². The van der Waals surface area contributed by atoms with Crippen LogP contribution in [0.15, 0.2) is 54.6 Å². The second-order valence-corrected chi connectivity index (χ2v) is 8.44. The molecule has 3 rings (SSSR count). The molecule has 0 heterocycles. The molecule has 0 unspecified atom stereocenters. The Balaban J connectivity index is 1.77. The van der Waals surface area contributed by atoms with Gasteiger partial charge in [0.25, 0.3) is 0 Å². The molecule has 0 spiro atoms. The first kappa shape index (κ1) is 22.1. The molecular formula is C26H34N2O2. The molecule has 2 aromatic carbocycles. The molecule has 1 aliphatic rings. The maximum Gasteiger partial charge on any atom is 0.243 e. The van der Waals surface area contributed by atoms with Crippen molar-refractivity contribution in [1.29, 1.82) is 0 Å². The molecule has 1 aliphatic carbocycles. The third kappa shape index (κ3) is 6.19. The fourth-order valence-corrected chi connectivity index (χ4v) is 4.23. The van der Waals surface area contributed by atoms with E-state index < -0.39 is 6.04 Å². The Morgan fingerprint density at radius 3 is 2.27 bits per heavy atom. The summed E-state index contributed by atoms with van der Waals surface area (Å²) in [6.45, 7) is 4.47. The van der Waals surface area contributed by atoms with E-state index in [1.54, 1.807) is 4.90 Å². The van der Waals surface area contributed by atoms with E-state index in [2.05, 4.69) is 5.32 Å². The molecule has 1 N–H and O–H groups in total. The number of nitrogens with zero attached hydrogens (tertiary/aromatic N) is 1. The lowest BCUT2D eigenvalue weighted by molar-refractivity contribution is -0.141. The van der Waals surface area contributed by atoms with Crippen molar-refractivity contribution in [2.45, 2.75) is 77.4 Å². The summed E-state index contributed by atoms with van der Waals surface area (Å²) in [7, 11) is 0. The van der Waals surface area contributed by atoms with Gasteiger partial charge in [-0.25, -0.2) is 0 Å². The summed E-state index contributed by atoms with van der Waals surface area (Å²) in [5.74, 6) is -0.0223. The van der Waals surface area contributed by atoms with E-state index in [1.165, 1.54) is 24.8 Å². The Bertz CT molecular complexity index is 811. The maximum atomic E-state index is 13.3. The molecule has 4 nitrogen and oxygen atoms in total. The van der Waals surface area contributed by atoms with Gasteiger partial charge in [0.2, 0.25) is 11.8 Å². The number of nitrogens with one attached hydrogen (secondary N) is 1. The Labute approximate surface area is 180 Å².